The monoisotopic (exact) mass is 554 g/mol. The summed E-state index contributed by atoms with van der Waals surface area (Å²) < 4.78 is 60.3. The molecule has 2 aromatic carbocycles. The second-order valence-corrected chi connectivity index (χ2v) is 12.9. The number of morpholine rings is 1. The van der Waals surface area contributed by atoms with Gasteiger partial charge in [0.15, 0.2) is 0 Å². The molecule has 0 unspecified atom stereocenters. The van der Waals surface area contributed by atoms with E-state index in [9.17, 15) is 16.8 Å². The van der Waals surface area contributed by atoms with E-state index < -0.39 is 26.1 Å². The molecule has 0 radical (unpaired) electrons. The first-order valence-corrected chi connectivity index (χ1v) is 14.5. The summed E-state index contributed by atoms with van der Waals surface area (Å²) in [5.74, 6) is -0.0878. The van der Waals surface area contributed by atoms with Crippen LogP contribution in [-0.4, -0.2) is 59.2 Å². The predicted molar refractivity (Wildman–Crippen MR) is 132 cm³/mol. The Morgan fingerprint density at radius 1 is 0.970 bits per heavy atom. The summed E-state index contributed by atoms with van der Waals surface area (Å²) in [7, 11) is -7.49. The minimum Gasteiger partial charge on any atom is -0.379 e. The molecular weight excluding hydrogens is 531 g/mol. The SMILES string of the molecule is C[C@@H](CCCS(=O)(=O)N1CCOCC1)N(c1cc(Cl)ccc1Cl)S(=O)(=O)c1ccc(Cl)cc1. The van der Waals surface area contributed by atoms with E-state index in [1.807, 2.05) is 0 Å². The molecule has 12 heteroatoms. The Morgan fingerprint density at radius 2 is 1.58 bits per heavy atom. The lowest BCUT2D eigenvalue weighted by Crippen LogP contribution is -2.42. The van der Waals surface area contributed by atoms with Crippen molar-refractivity contribution in [2.45, 2.75) is 30.7 Å². The molecule has 1 fully saturated rings. The zero-order valence-electron chi connectivity index (χ0n) is 18.0. The van der Waals surface area contributed by atoms with E-state index in [0.29, 0.717) is 42.8 Å². The van der Waals surface area contributed by atoms with Gasteiger partial charge < -0.3 is 4.74 Å². The van der Waals surface area contributed by atoms with Crippen LogP contribution in [0.5, 0.6) is 0 Å². The fourth-order valence-corrected chi connectivity index (χ4v) is 7.35. The molecule has 0 amide bonds. The molecule has 1 aliphatic rings. The highest BCUT2D eigenvalue weighted by molar-refractivity contribution is 7.93. The van der Waals surface area contributed by atoms with Crippen LogP contribution in [0.1, 0.15) is 19.8 Å². The lowest BCUT2D eigenvalue weighted by Gasteiger charge is -2.32. The van der Waals surface area contributed by atoms with Gasteiger partial charge in [-0.25, -0.2) is 16.8 Å². The predicted octanol–water partition coefficient (Wildman–Crippen LogP) is 4.67. The summed E-state index contributed by atoms with van der Waals surface area (Å²) >= 11 is 18.4. The molecule has 1 heterocycles. The normalized spacial score (nSPS) is 16.5. The van der Waals surface area contributed by atoms with Crippen molar-refractivity contribution >= 4 is 60.5 Å². The molecule has 0 N–H and O–H groups in total. The average molecular weight is 556 g/mol. The van der Waals surface area contributed by atoms with Crippen LogP contribution < -0.4 is 4.31 Å². The fourth-order valence-electron chi connectivity index (χ4n) is 3.61. The molecule has 0 saturated carbocycles. The molecule has 2 aromatic rings. The molecule has 0 aromatic heterocycles. The number of sulfonamides is 2. The molecule has 33 heavy (non-hydrogen) atoms. The molecule has 7 nitrogen and oxygen atoms in total. The van der Waals surface area contributed by atoms with Gasteiger partial charge in [0.05, 0.1) is 34.6 Å². The zero-order valence-corrected chi connectivity index (χ0v) is 21.9. The third-order valence-corrected chi connectivity index (χ3v) is 10.0. The molecule has 1 saturated heterocycles. The number of ether oxygens (including phenoxy) is 1. The van der Waals surface area contributed by atoms with E-state index in [4.69, 9.17) is 39.5 Å². The van der Waals surface area contributed by atoms with Crippen molar-refractivity contribution in [2.75, 3.05) is 36.4 Å². The Labute approximate surface area is 210 Å². The van der Waals surface area contributed by atoms with Crippen LogP contribution in [0.3, 0.4) is 0 Å². The van der Waals surface area contributed by atoms with Crippen molar-refractivity contribution in [3.8, 4) is 0 Å². The van der Waals surface area contributed by atoms with Crippen LogP contribution >= 0.6 is 34.8 Å². The molecule has 182 valence electrons. The maximum absolute atomic E-state index is 13.6. The summed E-state index contributed by atoms with van der Waals surface area (Å²) in [6.45, 7) is 3.11. The Hall–Kier alpha value is -1.07. The Morgan fingerprint density at radius 3 is 2.21 bits per heavy atom. The highest BCUT2D eigenvalue weighted by Crippen LogP contribution is 2.35. The van der Waals surface area contributed by atoms with Crippen LogP contribution in [0.4, 0.5) is 5.69 Å². The van der Waals surface area contributed by atoms with Gasteiger partial charge in [0.1, 0.15) is 0 Å². The van der Waals surface area contributed by atoms with Crippen molar-refractivity contribution in [3.05, 3.63) is 57.5 Å². The number of nitrogens with zero attached hydrogens (tertiary/aromatic N) is 2. The minimum absolute atomic E-state index is 0.0377. The third-order valence-electron chi connectivity index (χ3n) is 5.30. The van der Waals surface area contributed by atoms with E-state index in [-0.39, 0.29) is 27.8 Å². The van der Waals surface area contributed by atoms with Gasteiger partial charge in [0.2, 0.25) is 10.0 Å². The number of benzene rings is 2. The van der Waals surface area contributed by atoms with Gasteiger partial charge in [-0.3, -0.25) is 4.31 Å². The number of anilines is 1. The summed E-state index contributed by atoms with van der Waals surface area (Å²) in [6, 6.07) is 9.80. The van der Waals surface area contributed by atoms with Gasteiger partial charge in [0, 0.05) is 29.2 Å². The highest BCUT2D eigenvalue weighted by atomic mass is 35.5. The van der Waals surface area contributed by atoms with Crippen LogP contribution in [-0.2, 0) is 24.8 Å². The lowest BCUT2D eigenvalue weighted by molar-refractivity contribution is 0.0730. The lowest BCUT2D eigenvalue weighted by atomic mass is 10.2. The van der Waals surface area contributed by atoms with Gasteiger partial charge >= 0.3 is 0 Å². The molecular formula is C21H25Cl3N2O5S2. The van der Waals surface area contributed by atoms with Gasteiger partial charge in [0.25, 0.3) is 10.0 Å². The fraction of sp³-hybridized carbons (Fsp3) is 0.429. The smallest absolute Gasteiger partial charge is 0.264 e. The number of hydrogen-bond donors (Lipinski definition) is 0. The van der Waals surface area contributed by atoms with E-state index in [1.165, 1.54) is 45.0 Å². The quantitative estimate of drug-likeness (QED) is 0.449. The largest absolute Gasteiger partial charge is 0.379 e. The first-order valence-electron chi connectivity index (χ1n) is 10.3. The van der Waals surface area contributed by atoms with Gasteiger partial charge in [-0.05, 0) is 62.2 Å². The molecule has 0 bridgehead atoms. The van der Waals surface area contributed by atoms with Gasteiger partial charge in [-0.2, -0.15) is 4.31 Å². The highest BCUT2D eigenvalue weighted by Gasteiger charge is 2.32. The second-order valence-electron chi connectivity index (χ2n) is 7.67. The van der Waals surface area contributed by atoms with Gasteiger partial charge in [-0.1, -0.05) is 34.8 Å². The van der Waals surface area contributed by atoms with Crippen LogP contribution in [0.15, 0.2) is 47.4 Å². The van der Waals surface area contributed by atoms with Gasteiger partial charge in [-0.15, -0.1) is 0 Å². The zero-order chi connectivity index (χ0) is 24.2. The molecule has 0 aliphatic carbocycles. The van der Waals surface area contributed by atoms with Crippen molar-refractivity contribution in [3.63, 3.8) is 0 Å². The summed E-state index contributed by atoms with van der Waals surface area (Å²) in [4.78, 5) is 0.0377. The third kappa shape index (κ3) is 6.54. The topological polar surface area (TPSA) is 84.0 Å². The summed E-state index contributed by atoms with van der Waals surface area (Å²) in [5.41, 5.74) is 0.225. The molecule has 1 atom stereocenters. The van der Waals surface area contributed by atoms with Crippen molar-refractivity contribution < 1.29 is 21.6 Å². The van der Waals surface area contributed by atoms with E-state index in [0.717, 1.165) is 0 Å². The average Bonchev–Trinajstić information content (AvgIpc) is 2.77. The van der Waals surface area contributed by atoms with Crippen molar-refractivity contribution in [2.24, 2.45) is 0 Å². The second kappa shape index (κ2) is 11.1. The van der Waals surface area contributed by atoms with Crippen LogP contribution in [0.2, 0.25) is 15.1 Å². The molecule has 3 rings (SSSR count). The maximum Gasteiger partial charge on any atom is 0.264 e. The Bertz CT molecular complexity index is 1170. The summed E-state index contributed by atoms with van der Waals surface area (Å²) in [5, 5.41) is 0.945. The number of hydrogen-bond acceptors (Lipinski definition) is 5. The Kier molecular flexibility index (Phi) is 8.94. The maximum atomic E-state index is 13.6. The number of rotatable bonds is 9. The standard InChI is InChI=1S/C21H25Cl3N2O5S2/c1-16(3-2-14-32(27,28)25-10-12-31-13-11-25)26(21-15-18(23)6-9-20(21)24)33(29,30)19-7-4-17(22)5-8-19/h4-9,15-16H,2-3,10-14H2,1H3/t16-/m0/s1. The molecule has 1 aliphatic heterocycles. The van der Waals surface area contributed by atoms with Crippen LogP contribution in [0.25, 0.3) is 0 Å². The molecule has 0 spiro atoms. The van der Waals surface area contributed by atoms with Crippen molar-refractivity contribution in [1.82, 2.24) is 4.31 Å². The Balaban J connectivity index is 1.86. The summed E-state index contributed by atoms with van der Waals surface area (Å²) in [6.07, 6.45) is 0.560. The van der Waals surface area contributed by atoms with Crippen LogP contribution in [0, 0.1) is 0 Å². The first kappa shape index (κ1) is 26.5. The first-order chi connectivity index (χ1) is 15.5. The van der Waals surface area contributed by atoms with Crippen molar-refractivity contribution in [1.29, 1.82) is 0 Å². The van der Waals surface area contributed by atoms with E-state index in [2.05, 4.69) is 0 Å². The minimum atomic E-state index is -4.04. The van der Waals surface area contributed by atoms with E-state index >= 15 is 0 Å². The van der Waals surface area contributed by atoms with E-state index in [1.54, 1.807) is 13.0 Å². The number of halogens is 3.